The normalized spacial score (nSPS) is 13.8. The Morgan fingerprint density at radius 1 is 0.758 bits per heavy atom. The van der Waals surface area contributed by atoms with Gasteiger partial charge in [-0.1, -0.05) is 0 Å². The second-order valence-electron chi connectivity index (χ2n) is 8.10. The molecule has 0 N–H and O–H groups in total. The van der Waals surface area contributed by atoms with Gasteiger partial charge in [-0.25, -0.2) is 0 Å². The molecule has 0 heterocycles. The number of carboxylic acid groups (broad SMARTS) is 2. The number of aliphatic carboxylic acids is 2. The van der Waals surface area contributed by atoms with Gasteiger partial charge in [0.1, 0.15) is 0 Å². The molecule has 0 saturated carbocycles. The number of carbonyl (C=O) groups excluding carboxylic acids is 2. The zero-order valence-corrected chi connectivity index (χ0v) is 26.3. The number of methoxy groups -OCH3 is 2. The molecule has 4 atom stereocenters. The standard InChI is InChI=1S/2C8H16O3S.2C4H9.Sn/c2*1-6(11-2)3-4-7(5-12)8(9)10;2*1-3-4-2;/h2*6-7,12H,3-5H2,1-2H3,(H,9,10);2*1,3-4H2,2H3;/q;;;;+2/p-2. The van der Waals surface area contributed by atoms with Crippen molar-refractivity contribution in [3.05, 3.63) is 0 Å². The van der Waals surface area contributed by atoms with Crippen LogP contribution in [0.5, 0.6) is 0 Å². The molecule has 0 saturated heterocycles. The van der Waals surface area contributed by atoms with Crippen LogP contribution in [-0.4, -0.2) is 71.0 Å². The van der Waals surface area contributed by atoms with Crippen molar-refractivity contribution in [2.75, 3.05) is 25.7 Å². The van der Waals surface area contributed by atoms with Crippen molar-refractivity contribution in [3.8, 4) is 0 Å². The van der Waals surface area contributed by atoms with Gasteiger partial charge in [0.15, 0.2) is 0 Å². The van der Waals surface area contributed by atoms with Gasteiger partial charge >= 0.3 is 69.5 Å². The van der Waals surface area contributed by atoms with E-state index < -0.39 is 23.8 Å². The van der Waals surface area contributed by atoms with Crippen LogP contribution >= 0.6 is 25.3 Å². The van der Waals surface area contributed by atoms with Crippen molar-refractivity contribution >= 4 is 58.3 Å². The number of hydrogen-bond donors (Lipinski definition) is 2. The molecule has 0 aliphatic heterocycles. The third-order valence-corrected chi connectivity index (χ3v) is 10.1. The maximum absolute atomic E-state index is 10.4. The van der Waals surface area contributed by atoms with Crippen LogP contribution in [0.3, 0.4) is 0 Å². The molecule has 4 unspecified atom stereocenters. The number of unbranched alkanes of at least 4 members (excludes halogenated alkanes) is 2. The number of ether oxygens (including phenoxy) is 2. The van der Waals surface area contributed by atoms with E-state index in [1.54, 1.807) is 23.1 Å². The molecule has 0 aromatic rings. The van der Waals surface area contributed by atoms with Gasteiger partial charge in [-0.2, -0.15) is 25.3 Å². The average molecular weight is 615 g/mol. The summed E-state index contributed by atoms with van der Waals surface area (Å²) in [5.41, 5.74) is 0. The Labute approximate surface area is 224 Å². The largest absolute Gasteiger partial charge is 0.550 e. The second kappa shape index (κ2) is 28.6. The van der Waals surface area contributed by atoms with Crippen LogP contribution in [0.4, 0.5) is 0 Å². The summed E-state index contributed by atoms with van der Waals surface area (Å²) < 4.78 is 13.2. The first-order valence-electron chi connectivity index (χ1n) is 12.0. The van der Waals surface area contributed by atoms with E-state index in [1.807, 2.05) is 13.8 Å². The molecule has 0 aliphatic carbocycles. The van der Waals surface area contributed by atoms with Crippen molar-refractivity contribution in [1.82, 2.24) is 0 Å². The van der Waals surface area contributed by atoms with Crippen molar-refractivity contribution in [2.24, 2.45) is 11.8 Å². The summed E-state index contributed by atoms with van der Waals surface area (Å²) in [6.45, 7) is 8.40. The molecule has 0 rings (SSSR count). The molecule has 0 amide bonds. The first-order chi connectivity index (χ1) is 15.6. The molecule has 0 aliphatic rings. The first-order valence-corrected chi connectivity index (χ1v) is 17.3. The van der Waals surface area contributed by atoms with E-state index in [0.717, 1.165) is 12.8 Å². The van der Waals surface area contributed by atoms with E-state index in [4.69, 9.17) is 9.47 Å². The fourth-order valence-electron chi connectivity index (χ4n) is 2.40. The third-order valence-electron chi connectivity index (χ3n) is 5.17. The molecule has 6 nitrogen and oxygen atoms in total. The van der Waals surface area contributed by atoms with Gasteiger partial charge in [0.25, 0.3) is 0 Å². The smallest absolute Gasteiger partial charge is 0.0543 e. The first kappa shape index (κ1) is 37.9. The maximum Gasteiger partial charge on any atom is 0.0543 e. The van der Waals surface area contributed by atoms with E-state index >= 15 is 0 Å². The van der Waals surface area contributed by atoms with E-state index in [2.05, 4.69) is 39.1 Å². The third kappa shape index (κ3) is 28.5. The molecule has 196 valence electrons. The van der Waals surface area contributed by atoms with E-state index in [1.165, 1.54) is 25.7 Å². The predicted molar refractivity (Wildman–Crippen MR) is 141 cm³/mol. The molecule has 0 aromatic carbocycles. The van der Waals surface area contributed by atoms with Crippen molar-refractivity contribution in [3.63, 3.8) is 0 Å². The Balaban J connectivity index is -0.000000414. The topological polar surface area (TPSA) is 98.7 Å². The van der Waals surface area contributed by atoms with Gasteiger partial charge in [-0.15, -0.1) is 0 Å². The van der Waals surface area contributed by atoms with Crippen LogP contribution in [0.25, 0.3) is 0 Å². The van der Waals surface area contributed by atoms with Crippen molar-refractivity contribution < 1.29 is 29.3 Å². The van der Waals surface area contributed by atoms with Crippen LogP contribution in [0.15, 0.2) is 0 Å². The molecule has 0 spiro atoms. The Bertz CT molecular complexity index is 405. The second-order valence-corrected chi connectivity index (χ2v) is 13.1. The molecule has 0 aromatic heterocycles. The monoisotopic (exact) mass is 616 g/mol. The summed E-state index contributed by atoms with van der Waals surface area (Å²) in [5.74, 6) is -2.28. The summed E-state index contributed by atoms with van der Waals surface area (Å²) >= 11 is 8.00. The molecule has 33 heavy (non-hydrogen) atoms. The summed E-state index contributed by atoms with van der Waals surface area (Å²) in [7, 11) is 3.22. The van der Waals surface area contributed by atoms with E-state index in [0.29, 0.717) is 24.3 Å². The fraction of sp³-hybridized carbons (Fsp3) is 0.917. The Hall–Kier alpha value is 0.359. The van der Waals surface area contributed by atoms with Gasteiger partial charge in [-0.3, -0.25) is 0 Å². The average Bonchev–Trinajstić information content (AvgIpc) is 2.79. The van der Waals surface area contributed by atoms with Crippen LogP contribution < -0.4 is 10.2 Å². The minimum Gasteiger partial charge on any atom is -0.550 e. The molecule has 0 fully saturated rings. The number of carbonyl (C=O) groups is 2. The van der Waals surface area contributed by atoms with Crippen LogP contribution in [0.2, 0.25) is 8.87 Å². The summed E-state index contributed by atoms with van der Waals surface area (Å²) in [6.07, 6.45) is 8.65. The molecule has 9 heteroatoms. The van der Waals surface area contributed by atoms with Gasteiger partial charge < -0.3 is 29.3 Å². The zero-order valence-electron chi connectivity index (χ0n) is 21.6. The minimum absolute atomic E-state index is 0.103. The van der Waals surface area contributed by atoms with Gasteiger partial charge in [0.2, 0.25) is 0 Å². The maximum atomic E-state index is 10.4. The molecular formula is C24H48O6S2Sn. The van der Waals surface area contributed by atoms with E-state index in [-0.39, 0.29) is 33.4 Å². The van der Waals surface area contributed by atoms with Crippen LogP contribution in [-0.2, 0) is 19.1 Å². The quantitative estimate of drug-likeness (QED) is 0.140. The van der Waals surface area contributed by atoms with E-state index in [9.17, 15) is 19.8 Å². The fourth-order valence-corrected chi connectivity index (χ4v) is 7.23. The SMILES string of the molecule is CCC[CH2][Sn+2][CH2]CCC.COC(C)CCC(CS)C(=O)[O-].COC(C)CCC(CS)C(=O)[O-]. The number of thiol groups is 2. The number of rotatable bonds is 18. The minimum atomic E-state index is -1.02. The molecule has 0 radical (unpaired) electrons. The van der Waals surface area contributed by atoms with Crippen LogP contribution in [0, 0.1) is 11.8 Å². The van der Waals surface area contributed by atoms with Gasteiger partial charge in [0.05, 0.1) is 12.2 Å². The number of carboxylic acids is 2. The Kier molecular flexibility index (Phi) is 32.8. The Morgan fingerprint density at radius 3 is 1.30 bits per heavy atom. The van der Waals surface area contributed by atoms with Gasteiger partial charge in [-0.05, 0) is 51.0 Å². The predicted octanol–water partition coefficient (Wildman–Crippen LogP) is 3.32. The van der Waals surface area contributed by atoms with Gasteiger partial charge in [0, 0.05) is 38.0 Å². The van der Waals surface area contributed by atoms with Crippen molar-refractivity contribution in [2.45, 2.75) is 100 Å². The van der Waals surface area contributed by atoms with Crippen molar-refractivity contribution in [1.29, 1.82) is 0 Å². The molecule has 0 bridgehead atoms. The summed E-state index contributed by atoms with van der Waals surface area (Å²) in [6, 6.07) is 0. The zero-order chi connectivity index (χ0) is 26.1. The van der Waals surface area contributed by atoms with Crippen LogP contribution in [0.1, 0.15) is 79.1 Å². The summed E-state index contributed by atoms with van der Waals surface area (Å²) in [5, 5.41) is 20.9. The number of hydrogen-bond acceptors (Lipinski definition) is 8. The summed E-state index contributed by atoms with van der Waals surface area (Å²) in [4.78, 5) is 20.9. The Morgan fingerprint density at radius 2 is 1.09 bits per heavy atom. The molecular weight excluding hydrogens is 567 g/mol.